The lowest BCUT2D eigenvalue weighted by molar-refractivity contribution is 0.204. The molecule has 2 aromatic heterocycles. The van der Waals surface area contributed by atoms with Crippen LogP contribution in [0.1, 0.15) is 28.2 Å². The monoisotopic (exact) mass is 350 g/mol. The van der Waals surface area contributed by atoms with Crippen LogP contribution >= 0.6 is 22.9 Å². The zero-order valence-electron chi connectivity index (χ0n) is 13.9. The zero-order valence-corrected chi connectivity index (χ0v) is 15.5. The van der Waals surface area contributed by atoms with Crippen LogP contribution in [0.3, 0.4) is 0 Å². The average Bonchev–Trinajstić information content (AvgIpc) is 2.86. The van der Waals surface area contributed by atoms with Crippen molar-refractivity contribution in [1.29, 1.82) is 0 Å². The average molecular weight is 351 g/mol. The highest BCUT2D eigenvalue weighted by Crippen LogP contribution is 2.25. The second-order valence-corrected chi connectivity index (χ2v) is 8.01. The number of aromatic nitrogens is 2. The molecule has 0 aliphatic carbocycles. The van der Waals surface area contributed by atoms with Crippen molar-refractivity contribution in [2.75, 3.05) is 25.0 Å². The standard InChI is InChI=1S/C17H23ClN4S/c1-12-10-15(23-13(12)2)11-22-8-6-14(7-9-22)21(3)17-5-4-16(18)19-20-17/h4-5,10,14H,6-9,11H2,1-3H3. The summed E-state index contributed by atoms with van der Waals surface area (Å²) in [4.78, 5) is 7.72. The zero-order chi connectivity index (χ0) is 16.4. The molecule has 0 spiro atoms. The lowest BCUT2D eigenvalue weighted by Crippen LogP contribution is -2.43. The van der Waals surface area contributed by atoms with Gasteiger partial charge < -0.3 is 4.90 Å². The summed E-state index contributed by atoms with van der Waals surface area (Å²) in [5, 5.41) is 8.57. The molecule has 0 N–H and O–H groups in total. The molecular formula is C17H23ClN4S. The predicted molar refractivity (Wildman–Crippen MR) is 97.5 cm³/mol. The molecule has 23 heavy (non-hydrogen) atoms. The van der Waals surface area contributed by atoms with Crippen molar-refractivity contribution < 1.29 is 0 Å². The van der Waals surface area contributed by atoms with E-state index in [4.69, 9.17) is 11.6 Å². The van der Waals surface area contributed by atoms with Crippen LogP contribution in [0.2, 0.25) is 5.15 Å². The van der Waals surface area contributed by atoms with Crippen molar-refractivity contribution in [2.45, 2.75) is 39.3 Å². The SMILES string of the molecule is Cc1cc(CN2CCC(N(C)c3ccc(Cl)nn3)CC2)sc1C. The van der Waals surface area contributed by atoms with Gasteiger partial charge in [0.1, 0.15) is 0 Å². The quantitative estimate of drug-likeness (QED) is 0.836. The minimum Gasteiger partial charge on any atom is -0.355 e. The second-order valence-electron chi connectivity index (χ2n) is 6.28. The number of piperidine rings is 1. The molecule has 0 saturated carbocycles. The highest BCUT2D eigenvalue weighted by Gasteiger charge is 2.23. The third-order valence-corrected chi connectivity index (χ3v) is 6.02. The lowest BCUT2D eigenvalue weighted by Gasteiger charge is -2.36. The Morgan fingerprint density at radius 3 is 2.57 bits per heavy atom. The predicted octanol–water partition coefficient (Wildman–Crippen LogP) is 3.91. The molecule has 3 heterocycles. The Balaban J connectivity index is 1.54. The normalized spacial score (nSPS) is 16.7. The van der Waals surface area contributed by atoms with Crippen LogP contribution in [0.15, 0.2) is 18.2 Å². The molecule has 1 saturated heterocycles. The number of anilines is 1. The molecule has 0 atom stereocenters. The van der Waals surface area contributed by atoms with Crippen molar-refractivity contribution >= 4 is 28.8 Å². The van der Waals surface area contributed by atoms with Gasteiger partial charge in [-0.15, -0.1) is 21.5 Å². The number of nitrogens with zero attached hydrogens (tertiary/aromatic N) is 4. The number of hydrogen-bond donors (Lipinski definition) is 0. The van der Waals surface area contributed by atoms with E-state index in [2.05, 4.69) is 47.0 Å². The molecule has 2 aromatic rings. The van der Waals surface area contributed by atoms with E-state index in [1.807, 2.05) is 17.4 Å². The van der Waals surface area contributed by atoms with Gasteiger partial charge in [0, 0.05) is 42.5 Å². The summed E-state index contributed by atoms with van der Waals surface area (Å²) < 4.78 is 0. The third kappa shape index (κ3) is 4.03. The van der Waals surface area contributed by atoms with Crippen LogP contribution in [-0.4, -0.2) is 41.3 Å². The fourth-order valence-corrected chi connectivity index (χ4v) is 4.29. The maximum Gasteiger partial charge on any atom is 0.151 e. The minimum atomic E-state index is 0.443. The molecular weight excluding hydrogens is 328 g/mol. The highest BCUT2D eigenvalue weighted by atomic mass is 35.5. The largest absolute Gasteiger partial charge is 0.355 e. The molecule has 1 fully saturated rings. The molecule has 3 rings (SSSR count). The van der Waals surface area contributed by atoms with Crippen molar-refractivity contribution in [3.63, 3.8) is 0 Å². The molecule has 0 bridgehead atoms. The number of halogens is 1. The van der Waals surface area contributed by atoms with Gasteiger partial charge in [0.05, 0.1) is 0 Å². The van der Waals surface area contributed by atoms with E-state index >= 15 is 0 Å². The van der Waals surface area contributed by atoms with Gasteiger partial charge in [0.25, 0.3) is 0 Å². The van der Waals surface area contributed by atoms with E-state index in [-0.39, 0.29) is 0 Å². The molecule has 0 amide bonds. The first-order valence-electron chi connectivity index (χ1n) is 8.03. The first-order chi connectivity index (χ1) is 11.0. The Morgan fingerprint density at radius 1 is 1.26 bits per heavy atom. The van der Waals surface area contributed by atoms with Crippen LogP contribution in [0.4, 0.5) is 5.82 Å². The molecule has 1 aliphatic rings. The lowest BCUT2D eigenvalue weighted by atomic mass is 10.0. The van der Waals surface area contributed by atoms with Crippen molar-refractivity contribution in [3.05, 3.63) is 38.7 Å². The van der Waals surface area contributed by atoms with Gasteiger partial charge in [0.15, 0.2) is 11.0 Å². The van der Waals surface area contributed by atoms with Gasteiger partial charge in [-0.25, -0.2) is 0 Å². The third-order valence-electron chi connectivity index (χ3n) is 4.68. The molecule has 0 aromatic carbocycles. The fraction of sp³-hybridized carbons (Fsp3) is 0.529. The van der Waals surface area contributed by atoms with Gasteiger partial charge in [0.2, 0.25) is 0 Å². The molecule has 0 unspecified atom stereocenters. The minimum absolute atomic E-state index is 0.443. The molecule has 124 valence electrons. The summed E-state index contributed by atoms with van der Waals surface area (Å²) >= 11 is 7.74. The Bertz CT molecular complexity index is 628. The molecule has 0 radical (unpaired) electrons. The van der Waals surface area contributed by atoms with Crippen LogP contribution in [0, 0.1) is 13.8 Å². The van der Waals surface area contributed by atoms with E-state index in [1.54, 1.807) is 6.07 Å². The Hall–Kier alpha value is -1.17. The van der Waals surface area contributed by atoms with Gasteiger partial charge in [-0.05, 0) is 50.5 Å². The first kappa shape index (κ1) is 16.7. The van der Waals surface area contributed by atoms with E-state index in [0.717, 1.165) is 38.3 Å². The maximum atomic E-state index is 5.81. The van der Waals surface area contributed by atoms with Gasteiger partial charge in [-0.1, -0.05) is 11.6 Å². The summed E-state index contributed by atoms with van der Waals surface area (Å²) in [5.41, 5.74) is 1.42. The van der Waals surface area contributed by atoms with Crippen LogP contribution in [-0.2, 0) is 6.54 Å². The van der Waals surface area contributed by atoms with E-state index in [0.29, 0.717) is 11.2 Å². The topological polar surface area (TPSA) is 32.3 Å². The summed E-state index contributed by atoms with van der Waals surface area (Å²) in [6, 6.07) is 6.60. The Morgan fingerprint density at radius 2 is 2.00 bits per heavy atom. The van der Waals surface area contributed by atoms with Crippen LogP contribution in [0.25, 0.3) is 0 Å². The van der Waals surface area contributed by atoms with Crippen molar-refractivity contribution in [2.24, 2.45) is 0 Å². The van der Waals surface area contributed by atoms with Crippen molar-refractivity contribution in [1.82, 2.24) is 15.1 Å². The highest BCUT2D eigenvalue weighted by molar-refractivity contribution is 7.12. The van der Waals surface area contributed by atoms with E-state index in [1.165, 1.54) is 15.3 Å². The molecule has 1 aliphatic heterocycles. The van der Waals surface area contributed by atoms with Crippen molar-refractivity contribution in [3.8, 4) is 0 Å². The number of aryl methyl sites for hydroxylation is 2. The van der Waals surface area contributed by atoms with Crippen LogP contribution in [0.5, 0.6) is 0 Å². The van der Waals surface area contributed by atoms with Crippen LogP contribution < -0.4 is 4.90 Å². The number of thiophene rings is 1. The Labute approximate surface area is 147 Å². The smallest absolute Gasteiger partial charge is 0.151 e. The van der Waals surface area contributed by atoms with E-state index in [9.17, 15) is 0 Å². The Kier molecular flexibility index (Phi) is 5.19. The first-order valence-corrected chi connectivity index (χ1v) is 9.22. The molecule has 6 heteroatoms. The maximum absolute atomic E-state index is 5.81. The van der Waals surface area contributed by atoms with E-state index < -0.39 is 0 Å². The van der Waals surface area contributed by atoms with Gasteiger partial charge in [-0.3, -0.25) is 4.90 Å². The summed E-state index contributed by atoms with van der Waals surface area (Å²) in [5.74, 6) is 0.900. The number of hydrogen-bond acceptors (Lipinski definition) is 5. The second kappa shape index (κ2) is 7.16. The molecule has 4 nitrogen and oxygen atoms in total. The van der Waals surface area contributed by atoms with Gasteiger partial charge >= 0.3 is 0 Å². The van der Waals surface area contributed by atoms with Gasteiger partial charge in [-0.2, -0.15) is 0 Å². The summed E-state index contributed by atoms with van der Waals surface area (Å²) in [6.07, 6.45) is 2.31. The number of rotatable bonds is 4. The fourth-order valence-electron chi connectivity index (χ4n) is 3.10. The number of likely N-dealkylation sites (tertiary alicyclic amines) is 1. The summed E-state index contributed by atoms with van der Waals surface area (Å²) in [7, 11) is 2.10. The summed E-state index contributed by atoms with van der Waals surface area (Å²) in [6.45, 7) is 7.75.